The molecule has 0 aliphatic heterocycles. The molecule has 0 radical (unpaired) electrons. The van der Waals surface area contributed by atoms with E-state index in [1.54, 1.807) is 5.56 Å². The summed E-state index contributed by atoms with van der Waals surface area (Å²) in [6.07, 6.45) is 2.44. The van der Waals surface area contributed by atoms with Gasteiger partial charge in [-0.3, -0.25) is 0 Å². The molecule has 1 rings (SSSR count). The van der Waals surface area contributed by atoms with Crippen molar-refractivity contribution in [2.24, 2.45) is 10.8 Å². The molecule has 17 heavy (non-hydrogen) atoms. The molecule has 96 valence electrons. The van der Waals surface area contributed by atoms with Gasteiger partial charge in [0, 0.05) is 0 Å². The van der Waals surface area contributed by atoms with Crippen LogP contribution < -0.4 is 0 Å². The van der Waals surface area contributed by atoms with E-state index in [-0.39, 0.29) is 0 Å². The highest BCUT2D eigenvalue weighted by Gasteiger charge is 2.26. The molecule has 0 fully saturated rings. The Hall–Kier alpha value is -0.780. The van der Waals surface area contributed by atoms with Gasteiger partial charge in [0.2, 0.25) is 0 Å². The summed E-state index contributed by atoms with van der Waals surface area (Å²) in [5.41, 5.74) is 5.19. The highest BCUT2D eigenvalue weighted by atomic mass is 14.3. The molecule has 0 heterocycles. The first-order chi connectivity index (χ1) is 7.61. The molecule has 0 N–H and O–H groups in total. The number of aryl methyl sites for hydroxylation is 2. The van der Waals surface area contributed by atoms with E-state index in [2.05, 4.69) is 66.7 Å². The van der Waals surface area contributed by atoms with Crippen molar-refractivity contribution in [2.45, 2.75) is 61.3 Å². The van der Waals surface area contributed by atoms with Gasteiger partial charge >= 0.3 is 0 Å². The Morgan fingerprint density at radius 2 is 1.35 bits per heavy atom. The van der Waals surface area contributed by atoms with Crippen LogP contribution in [0.15, 0.2) is 18.2 Å². The SMILES string of the molecule is Cc1cccc(C)c1CC(C)(C)CC(C)(C)C. The first-order valence-corrected chi connectivity index (χ1v) is 6.66. The van der Waals surface area contributed by atoms with E-state index >= 15 is 0 Å². The van der Waals surface area contributed by atoms with Crippen LogP contribution in [0.1, 0.15) is 57.7 Å². The van der Waals surface area contributed by atoms with Crippen molar-refractivity contribution in [3.8, 4) is 0 Å². The van der Waals surface area contributed by atoms with Crippen molar-refractivity contribution < 1.29 is 0 Å². The molecule has 0 aliphatic carbocycles. The molecule has 0 amide bonds. The van der Waals surface area contributed by atoms with E-state index in [4.69, 9.17) is 0 Å². The predicted molar refractivity (Wildman–Crippen MR) is 77.5 cm³/mol. The lowest BCUT2D eigenvalue weighted by Crippen LogP contribution is -2.23. The molecule has 1 aromatic carbocycles. The van der Waals surface area contributed by atoms with Gasteiger partial charge in [-0.2, -0.15) is 0 Å². The molecular weight excluding hydrogens is 204 g/mol. The van der Waals surface area contributed by atoms with Crippen molar-refractivity contribution in [1.82, 2.24) is 0 Å². The number of benzene rings is 1. The lowest BCUT2D eigenvalue weighted by atomic mass is 9.72. The smallest absolute Gasteiger partial charge is 0.0222 e. The Morgan fingerprint density at radius 3 is 1.76 bits per heavy atom. The first-order valence-electron chi connectivity index (χ1n) is 6.66. The highest BCUT2D eigenvalue weighted by molar-refractivity contribution is 5.34. The molecule has 0 aromatic heterocycles. The van der Waals surface area contributed by atoms with Crippen LogP contribution in [0.4, 0.5) is 0 Å². The van der Waals surface area contributed by atoms with Gasteiger partial charge in [-0.1, -0.05) is 52.8 Å². The Bertz CT molecular complexity index is 357. The Balaban J connectivity index is 2.90. The van der Waals surface area contributed by atoms with Crippen LogP contribution >= 0.6 is 0 Å². The maximum absolute atomic E-state index is 2.39. The summed E-state index contributed by atoms with van der Waals surface area (Å²) in [5.74, 6) is 0. The summed E-state index contributed by atoms with van der Waals surface area (Å²) in [6.45, 7) is 16.2. The van der Waals surface area contributed by atoms with Gasteiger partial charge in [0.1, 0.15) is 0 Å². The van der Waals surface area contributed by atoms with Gasteiger partial charge in [0.15, 0.2) is 0 Å². The molecule has 0 aliphatic rings. The largest absolute Gasteiger partial charge is 0.0617 e. The summed E-state index contributed by atoms with van der Waals surface area (Å²) < 4.78 is 0. The molecule has 0 unspecified atom stereocenters. The Labute approximate surface area is 107 Å². The molecule has 0 bridgehead atoms. The zero-order valence-electron chi connectivity index (χ0n) is 12.6. The van der Waals surface area contributed by atoms with Crippen LogP contribution in [0.2, 0.25) is 0 Å². The third-order valence-electron chi connectivity index (χ3n) is 3.31. The number of rotatable bonds is 3. The van der Waals surface area contributed by atoms with Crippen LogP contribution in [0.25, 0.3) is 0 Å². The first kappa shape index (κ1) is 14.3. The van der Waals surface area contributed by atoms with Crippen LogP contribution in [0, 0.1) is 24.7 Å². The Kier molecular flexibility index (Phi) is 4.06. The van der Waals surface area contributed by atoms with Crippen molar-refractivity contribution in [3.05, 3.63) is 34.9 Å². The van der Waals surface area contributed by atoms with Crippen LogP contribution in [-0.4, -0.2) is 0 Å². The normalized spacial score (nSPS) is 12.9. The average Bonchev–Trinajstić information content (AvgIpc) is 2.07. The molecule has 0 nitrogen and oxygen atoms in total. The second kappa shape index (κ2) is 4.84. The monoisotopic (exact) mass is 232 g/mol. The fraction of sp³-hybridized carbons (Fsp3) is 0.647. The van der Waals surface area contributed by atoms with E-state index in [0.717, 1.165) is 0 Å². The van der Waals surface area contributed by atoms with Gasteiger partial charge in [-0.25, -0.2) is 0 Å². The molecule has 1 aromatic rings. The van der Waals surface area contributed by atoms with Gasteiger partial charge in [0.05, 0.1) is 0 Å². The van der Waals surface area contributed by atoms with E-state index in [9.17, 15) is 0 Å². The molecule has 0 heteroatoms. The lowest BCUT2D eigenvalue weighted by Gasteiger charge is -2.33. The summed E-state index contributed by atoms with van der Waals surface area (Å²) in [5, 5.41) is 0. The minimum Gasteiger partial charge on any atom is -0.0617 e. The number of hydrogen-bond donors (Lipinski definition) is 0. The third kappa shape index (κ3) is 4.53. The van der Waals surface area contributed by atoms with Crippen LogP contribution in [-0.2, 0) is 6.42 Å². The zero-order valence-corrected chi connectivity index (χ0v) is 12.6. The van der Waals surface area contributed by atoms with Gasteiger partial charge < -0.3 is 0 Å². The van der Waals surface area contributed by atoms with Gasteiger partial charge in [-0.05, 0) is 54.2 Å². The molecule has 0 saturated carbocycles. The summed E-state index contributed by atoms with van der Waals surface area (Å²) in [7, 11) is 0. The van der Waals surface area contributed by atoms with E-state index < -0.39 is 0 Å². The van der Waals surface area contributed by atoms with E-state index in [0.29, 0.717) is 10.8 Å². The maximum Gasteiger partial charge on any atom is -0.0222 e. The van der Waals surface area contributed by atoms with Crippen molar-refractivity contribution in [3.63, 3.8) is 0 Å². The Morgan fingerprint density at radius 1 is 0.882 bits per heavy atom. The summed E-state index contributed by atoms with van der Waals surface area (Å²) in [6, 6.07) is 6.62. The molecule has 0 spiro atoms. The second-order valence-corrected chi connectivity index (χ2v) is 7.45. The van der Waals surface area contributed by atoms with E-state index in [1.807, 2.05) is 0 Å². The van der Waals surface area contributed by atoms with Crippen molar-refractivity contribution in [1.29, 1.82) is 0 Å². The zero-order chi connectivity index (χ0) is 13.3. The molecular formula is C17H28. The average molecular weight is 232 g/mol. The fourth-order valence-electron chi connectivity index (χ4n) is 3.10. The predicted octanol–water partition coefficient (Wildman–Crippen LogP) is 5.31. The van der Waals surface area contributed by atoms with Crippen LogP contribution in [0.3, 0.4) is 0 Å². The van der Waals surface area contributed by atoms with Gasteiger partial charge in [0.25, 0.3) is 0 Å². The fourth-order valence-corrected chi connectivity index (χ4v) is 3.10. The summed E-state index contributed by atoms with van der Waals surface area (Å²) in [4.78, 5) is 0. The quantitative estimate of drug-likeness (QED) is 0.662. The lowest BCUT2D eigenvalue weighted by molar-refractivity contribution is 0.211. The third-order valence-corrected chi connectivity index (χ3v) is 3.31. The maximum atomic E-state index is 2.39. The van der Waals surface area contributed by atoms with Crippen molar-refractivity contribution >= 4 is 0 Å². The summed E-state index contributed by atoms with van der Waals surface area (Å²) >= 11 is 0. The highest BCUT2D eigenvalue weighted by Crippen LogP contribution is 2.36. The van der Waals surface area contributed by atoms with E-state index in [1.165, 1.54) is 24.0 Å². The molecule has 0 atom stereocenters. The molecule has 0 saturated heterocycles. The van der Waals surface area contributed by atoms with Gasteiger partial charge in [-0.15, -0.1) is 0 Å². The second-order valence-electron chi connectivity index (χ2n) is 7.45. The standard InChI is InChI=1S/C17H28/c1-13-9-8-10-14(2)15(13)11-17(6,7)12-16(3,4)5/h8-10H,11-12H2,1-7H3. The minimum atomic E-state index is 0.370. The minimum absolute atomic E-state index is 0.370. The van der Waals surface area contributed by atoms with Crippen molar-refractivity contribution in [2.75, 3.05) is 0 Å². The number of hydrogen-bond acceptors (Lipinski definition) is 0. The van der Waals surface area contributed by atoms with Crippen LogP contribution in [0.5, 0.6) is 0 Å². The topological polar surface area (TPSA) is 0 Å².